The third-order valence-electron chi connectivity index (χ3n) is 2.54. The molecule has 0 atom stereocenters. The number of carbonyl (C=O) groups is 1. The molecule has 0 unspecified atom stereocenters. The molecule has 2 rings (SSSR count). The van der Waals surface area contributed by atoms with Crippen LogP contribution in [0.2, 0.25) is 0 Å². The first-order valence-electron chi connectivity index (χ1n) is 5.74. The first-order chi connectivity index (χ1) is 9.36. The predicted octanol–water partition coefficient (Wildman–Crippen LogP) is 0.102. The number of hydrogen-bond donors (Lipinski definition) is 2. The fraction of sp³-hybridized carbons (Fsp3) is 0.273. The molecule has 0 aliphatic heterocycles. The summed E-state index contributed by atoms with van der Waals surface area (Å²) >= 11 is 1.11. The van der Waals surface area contributed by atoms with Crippen LogP contribution in [0, 0.1) is 0 Å². The van der Waals surface area contributed by atoms with E-state index in [2.05, 4.69) is 10.4 Å². The number of sulfonamides is 1. The summed E-state index contributed by atoms with van der Waals surface area (Å²) in [5.74, 6) is -0.207. The van der Waals surface area contributed by atoms with Crippen LogP contribution in [0.15, 0.2) is 28.7 Å². The Morgan fingerprint density at radius 2 is 2.25 bits per heavy atom. The van der Waals surface area contributed by atoms with Crippen molar-refractivity contribution in [3.8, 4) is 0 Å². The summed E-state index contributed by atoms with van der Waals surface area (Å²) in [6, 6.07) is 3.17. The van der Waals surface area contributed by atoms with Crippen LogP contribution < -0.4 is 10.5 Å². The Bertz CT molecular complexity index is 718. The molecule has 0 aliphatic rings. The largest absolute Gasteiger partial charge is 0.352 e. The summed E-state index contributed by atoms with van der Waals surface area (Å²) in [7, 11) is -1.91. The smallest absolute Gasteiger partial charge is 0.254 e. The molecule has 1 amide bonds. The SMILES string of the molecule is Cn1cc(C(=O)NCCc2ccc(S(N)(=O)=O)s2)cn1. The number of thiophene rings is 1. The van der Waals surface area contributed by atoms with Gasteiger partial charge >= 0.3 is 0 Å². The summed E-state index contributed by atoms with van der Waals surface area (Å²) in [6.07, 6.45) is 3.66. The molecular weight excluding hydrogens is 300 g/mol. The number of hydrogen-bond acceptors (Lipinski definition) is 5. The van der Waals surface area contributed by atoms with Crippen molar-refractivity contribution < 1.29 is 13.2 Å². The van der Waals surface area contributed by atoms with Crippen molar-refractivity contribution in [1.82, 2.24) is 15.1 Å². The Kier molecular flexibility index (Phi) is 4.21. The summed E-state index contributed by atoms with van der Waals surface area (Å²) in [4.78, 5) is 12.6. The van der Waals surface area contributed by atoms with Gasteiger partial charge in [0.2, 0.25) is 10.0 Å². The molecule has 2 aromatic rings. The second-order valence-corrected chi connectivity index (χ2v) is 7.13. The van der Waals surface area contributed by atoms with E-state index in [1.165, 1.54) is 12.3 Å². The summed E-state index contributed by atoms with van der Waals surface area (Å²) in [6.45, 7) is 0.415. The molecule has 2 heterocycles. The van der Waals surface area contributed by atoms with Crippen LogP contribution in [0.25, 0.3) is 0 Å². The molecule has 0 saturated heterocycles. The quantitative estimate of drug-likeness (QED) is 0.816. The fourth-order valence-electron chi connectivity index (χ4n) is 1.59. The summed E-state index contributed by atoms with van der Waals surface area (Å²) in [5, 5.41) is 11.7. The van der Waals surface area contributed by atoms with Gasteiger partial charge in [-0.25, -0.2) is 13.6 Å². The Hall–Kier alpha value is -1.71. The van der Waals surface area contributed by atoms with Crippen molar-refractivity contribution in [2.75, 3.05) is 6.54 Å². The van der Waals surface area contributed by atoms with Crippen LogP contribution in [-0.4, -0.2) is 30.7 Å². The van der Waals surface area contributed by atoms with Crippen LogP contribution >= 0.6 is 11.3 Å². The average Bonchev–Trinajstić information content (AvgIpc) is 2.97. The summed E-state index contributed by atoms with van der Waals surface area (Å²) in [5.41, 5.74) is 0.490. The van der Waals surface area contributed by atoms with Crippen LogP contribution in [0.3, 0.4) is 0 Å². The Morgan fingerprint density at radius 3 is 2.80 bits per heavy atom. The van der Waals surface area contributed by atoms with Crippen LogP contribution in [0.1, 0.15) is 15.2 Å². The predicted molar refractivity (Wildman–Crippen MR) is 74.9 cm³/mol. The van der Waals surface area contributed by atoms with E-state index in [1.807, 2.05) is 0 Å². The van der Waals surface area contributed by atoms with E-state index >= 15 is 0 Å². The van der Waals surface area contributed by atoms with E-state index in [9.17, 15) is 13.2 Å². The standard InChI is InChI=1S/C11H14N4O3S2/c1-15-7-8(6-14-15)11(16)13-5-4-9-2-3-10(19-9)20(12,17)18/h2-3,6-7H,4-5H2,1H3,(H,13,16)(H2,12,17,18). The lowest BCUT2D eigenvalue weighted by atomic mass is 10.3. The number of aromatic nitrogens is 2. The van der Waals surface area contributed by atoms with E-state index < -0.39 is 10.0 Å². The van der Waals surface area contributed by atoms with Gasteiger partial charge in [0.15, 0.2) is 0 Å². The lowest BCUT2D eigenvalue weighted by Crippen LogP contribution is -2.25. The third-order valence-corrected chi connectivity index (χ3v) is 5.12. The van der Waals surface area contributed by atoms with E-state index in [0.717, 1.165) is 16.2 Å². The van der Waals surface area contributed by atoms with Gasteiger partial charge < -0.3 is 5.32 Å². The topological polar surface area (TPSA) is 107 Å². The van der Waals surface area contributed by atoms with E-state index in [-0.39, 0.29) is 10.1 Å². The highest BCUT2D eigenvalue weighted by atomic mass is 32.2. The monoisotopic (exact) mass is 314 g/mol. The Labute approximate surface area is 120 Å². The first-order valence-corrected chi connectivity index (χ1v) is 8.11. The third kappa shape index (κ3) is 3.65. The average molecular weight is 314 g/mol. The molecule has 0 spiro atoms. The molecule has 9 heteroatoms. The number of nitrogens with two attached hydrogens (primary N) is 1. The minimum atomic E-state index is -3.64. The first kappa shape index (κ1) is 14.7. The maximum Gasteiger partial charge on any atom is 0.254 e. The van der Waals surface area contributed by atoms with E-state index in [0.29, 0.717) is 18.5 Å². The maximum absolute atomic E-state index is 11.7. The van der Waals surface area contributed by atoms with Crippen molar-refractivity contribution in [1.29, 1.82) is 0 Å². The van der Waals surface area contributed by atoms with Gasteiger partial charge in [0, 0.05) is 24.7 Å². The van der Waals surface area contributed by atoms with Gasteiger partial charge in [-0.3, -0.25) is 9.48 Å². The van der Waals surface area contributed by atoms with Gasteiger partial charge in [-0.05, 0) is 18.6 Å². The van der Waals surface area contributed by atoms with E-state index in [1.54, 1.807) is 24.0 Å². The number of amides is 1. The van der Waals surface area contributed by atoms with Crippen LogP contribution in [0.4, 0.5) is 0 Å². The zero-order valence-corrected chi connectivity index (χ0v) is 12.4. The molecule has 2 aromatic heterocycles. The van der Waals surface area contributed by atoms with Gasteiger partial charge in [-0.1, -0.05) is 0 Å². The molecule has 3 N–H and O–H groups in total. The minimum absolute atomic E-state index is 0.131. The van der Waals surface area contributed by atoms with Crippen molar-refractivity contribution in [3.05, 3.63) is 35.0 Å². The van der Waals surface area contributed by atoms with Crippen molar-refractivity contribution in [2.24, 2.45) is 12.2 Å². The molecule has 0 saturated carbocycles. The summed E-state index contributed by atoms with van der Waals surface area (Å²) < 4.78 is 23.9. The molecule has 0 fully saturated rings. The molecule has 0 aliphatic carbocycles. The molecule has 7 nitrogen and oxygen atoms in total. The zero-order chi connectivity index (χ0) is 14.8. The van der Waals surface area contributed by atoms with Crippen molar-refractivity contribution in [2.45, 2.75) is 10.6 Å². The Balaban J connectivity index is 1.87. The molecule has 108 valence electrons. The normalized spacial score (nSPS) is 11.5. The Morgan fingerprint density at radius 1 is 1.50 bits per heavy atom. The number of aryl methyl sites for hydroxylation is 1. The second-order valence-electron chi connectivity index (χ2n) is 4.17. The lowest BCUT2D eigenvalue weighted by molar-refractivity contribution is 0.0954. The van der Waals surface area contributed by atoms with Gasteiger partial charge in [-0.15, -0.1) is 11.3 Å². The van der Waals surface area contributed by atoms with Crippen LogP contribution in [-0.2, 0) is 23.5 Å². The molecule has 0 radical (unpaired) electrons. The highest BCUT2D eigenvalue weighted by Crippen LogP contribution is 2.20. The number of carbonyl (C=O) groups excluding carboxylic acids is 1. The number of nitrogens with one attached hydrogen (secondary N) is 1. The highest BCUT2D eigenvalue weighted by Gasteiger charge is 2.11. The van der Waals surface area contributed by atoms with Gasteiger partial charge in [0.1, 0.15) is 4.21 Å². The lowest BCUT2D eigenvalue weighted by Gasteiger charge is -2.01. The highest BCUT2D eigenvalue weighted by molar-refractivity contribution is 7.91. The number of rotatable bonds is 5. The van der Waals surface area contributed by atoms with E-state index in [4.69, 9.17) is 5.14 Å². The number of nitrogens with zero attached hydrogens (tertiary/aromatic N) is 2. The zero-order valence-electron chi connectivity index (χ0n) is 10.7. The fourth-order valence-corrected chi connectivity index (χ4v) is 3.36. The molecule has 0 bridgehead atoms. The molecule has 0 aromatic carbocycles. The minimum Gasteiger partial charge on any atom is -0.352 e. The van der Waals surface area contributed by atoms with Crippen LogP contribution in [0.5, 0.6) is 0 Å². The molecular formula is C11H14N4O3S2. The van der Waals surface area contributed by atoms with Crippen molar-refractivity contribution >= 4 is 27.3 Å². The van der Waals surface area contributed by atoms with Crippen molar-refractivity contribution in [3.63, 3.8) is 0 Å². The van der Waals surface area contributed by atoms with Gasteiger partial charge in [0.25, 0.3) is 5.91 Å². The maximum atomic E-state index is 11.7. The van der Waals surface area contributed by atoms with Gasteiger partial charge in [0.05, 0.1) is 11.8 Å². The van der Waals surface area contributed by atoms with Gasteiger partial charge in [-0.2, -0.15) is 5.10 Å². The molecule has 20 heavy (non-hydrogen) atoms. The number of primary sulfonamides is 1. The second kappa shape index (κ2) is 5.73.